The third-order valence-electron chi connectivity index (χ3n) is 5.51. The van der Waals surface area contributed by atoms with Crippen LogP contribution in [-0.4, -0.2) is 34.5 Å². The van der Waals surface area contributed by atoms with Crippen LogP contribution in [0.25, 0.3) is 33.5 Å². The molecule has 0 amide bonds. The Bertz CT molecular complexity index is 1800. The zero-order chi connectivity index (χ0) is 25.9. The number of ether oxygens (including phenoxy) is 2. The number of nitrogens with zero attached hydrogens (tertiary/aromatic N) is 5. The monoisotopic (exact) mass is 495 g/mol. The van der Waals surface area contributed by atoms with Crippen molar-refractivity contribution in [3.05, 3.63) is 92.8 Å². The fraction of sp³-hybridized carbons (Fsp3) is 0.0769. The number of nitro groups is 1. The summed E-state index contributed by atoms with van der Waals surface area (Å²) < 4.78 is 17.6. The molecular weight excluding hydrogens is 478 g/mol. The summed E-state index contributed by atoms with van der Waals surface area (Å²) >= 11 is 0. The van der Waals surface area contributed by atoms with Crippen LogP contribution in [0.5, 0.6) is 11.5 Å². The van der Waals surface area contributed by atoms with Gasteiger partial charge in [0.2, 0.25) is 5.82 Å². The molecule has 5 rings (SSSR count). The van der Waals surface area contributed by atoms with Gasteiger partial charge in [-0.3, -0.25) is 14.9 Å². The van der Waals surface area contributed by atoms with Crippen molar-refractivity contribution in [1.29, 1.82) is 5.26 Å². The Labute approximate surface area is 208 Å². The minimum atomic E-state index is -0.624. The van der Waals surface area contributed by atoms with E-state index in [1.54, 1.807) is 61.7 Å². The molecule has 0 aliphatic rings. The van der Waals surface area contributed by atoms with E-state index in [1.165, 1.54) is 24.4 Å². The lowest BCUT2D eigenvalue weighted by Crippen LogP contribution is -2.20. The second kappa shape index (κ2) is 9.63. The summed E-state index contributed by atoms with van der Waals surface area (Å²) in [4.78, 5) is 28.9. The Morgan fingerprint density at radius 2 is 1.97 bits per heavy atom. The summed E-state index contributed by atoms with van der Waals surface area (Å²) in [6.07, 6.45) is 1.30. The molecule has 0 fully saturated rings. The van der Waals surface area contributed by atoms with Gasteiger partial charge in [-0.1, -0.05) is 18.2 Å². The summed E-state index contributed by atoms with van der Waals surface area (Å²) in [6.45, 7) is -0.335. The molecular formula is C26H17N5O6. The van der Waals surface area contributed by atoms with Crippen LogP contribution in [0, 0.1) is 21.4 Å². The quantitative estimate of drug-likeness (QED) is 0.182. The van der Waals surface area contributed by atoms with E-state index in [1.807, 2.05) is 0 Å². The van der Waals surface area contributed by atoms with Gasteiger partial charge in [0.25, 0.3) is 5.56 Å². The topological polar surface area (TPSA) is 146 Å². The number of nitriles is 1. The molecule has 182 valence electrons. The average molecular weight is 495 g/mol. The van der Waals surface area contributed by atoms with E-state index in [2.05, 4.69) is 10.1 Å². The molecule has 5 aromatic rings. The Balaban J connectivity index is 1.66. The number of para-hydroxylation sites is 1. The van der Waals surface area contributed by atoms with Crippen molar-refractivity contribution >= 4 is 33.8 Å². The van der Waals surface area contributed by atoms with Crippen molar-refractivity contribution in [2.75, 3.05) is 13.7 Å². The maximum Gasteiger partial charge on any atom is 0.311 e. The Morgan fingerprint density at radius 1 is 1.14 bits per heavy atom. The van der Waals surface area contributed by atoms with Gasteiger partial charge < -0.3 is 13.9 Å². The van der Waals surface area contributed by atoms with E-state index in [4.69, 9.17) is 19.2 Å². The number of hydrogen-bond acceptors (Lipinski definition) is 9. The van der Waals surface area contributed by atoms with Gasteiger partial charge in [0.1, 0.15) is 17.4 Å². The van der Waals surface area contributed by atoms with E-state index in [0.717, 1.165) is 4.68 Å². The Morgan fingerprint density at radius 3 is 2.76 bits per heavy atom. The van der Waals surface area contributed by atoms with Gasteiger partial charge >= 0.3 is 5.69 Å². The molecule has 11 nitrogen and oxygen atoms in total. The van der Waals surface area contributed by atoms with Crippen molar-refractivity contribution < 1.29 is 18.8 Å². The lowest BCUT2D eigenvalue weighted by atomic mass is 10.2. The molecule has 0 unspecified atom stereocenters. The predicted octanol–water partition coefficient (Wildman–Crippen LogP) is 4.51. The van der Waals surface area contributed by atoms with E-state index in [9.17, 15) is 14.9 Å². The zero-order valence-electron chi connectivity index (χ0n) is 19.3. The first-order valence-electron chi connectivity index (χ1n) is 10.9. The number of hydrogen-bond donors (Lipinski definition) is 0. The third-order valence-corrected chi connectivity index (χ3v) is 5.51. The van der Waals surface area contributed by atoms with Crippen LogP contribution >= 0.6 is 0 Å². The summed E-state index contributed by atoms with van der Waals surface area (Å²) in [5.41, 5.74) is 0.528. The van der Waals surface area contributed by atoms with E-state index in [0.29, 0.717) is 33.2 Å². The molecule has 37 heavy (non-hydrogen) atoms. The minimum Gasteiger partial charge on any atom is -0.496 e. The number of rotatable bonds is 7. The zero-order valence-corrected chi connectivity index (χ0v) is 19.3. The Hall–Kier alpha value is -5.50. The van der Waals surface area contributed by atoms with Gasteiger partial charge in [0.05, 0.1) is 34.5 Å². The molecule has 0 bridgehead atoms. The van der Waals surface area contributed by atoms with Crippen LogP contribution < -0.4 is 15.0 Å². The maximum atomic E-state index is 13.4. The summed E-state index contributed by atoms with van der Waals surface area (Å²) in [7, 11) is 1.55. The van der Waals surface area contributed by atoms with Gasteiger partial charge in [0, 0.05) is 11.6 Å². The van der Waals surface area contributed by atoms with Crippen molar-refractivity contribution in [2.24, 2.45) is 5.10 Å². The minimum absolute atomic E-state index is 0.0508. The number of nitro benzene ring substituents is 1. The molecule has 0 atom stereocenters. The second-order valence-corrected chi connectivity index (χ2v) is 7.73. The molecule has 0 aliphatic heterocycles. The van der Waals surface area contributed by atoms with Crippen LogP contribution in [0.4, 0.5) is 5.69 Å². The second-order valence-electron chi connectivity index (χ2n) is 7.73. The summed E-state index contributed by atoms with van der Waals surface area (Å²) in [6, 6.07) is 19.8. The van der Waals surface area contributed by atoms with Crippen molar-refractivity contribution in [3.8, 4) is 29.2 Å². The van der Waals surface area contributed by atoms with Crippen LogP contribution in [0.2, 0.25) is 0 Å². The fourth-order valence-corrected chi connectivity index (χ4v) is 3.83. The van der Waals surface area contributed by atoms with Crippen LogP contribution in [0.3, 0.4) is 0 Å². The molecule has 3 aromatic carbocycles. The van der Waals surface area contributed by atoms with Crippen molar-refractivity contribution in [2.45, 2.75) is 0 Å². The molecule has 0 N–H and O–H groups in total. The van der Waals surface area contributed by atoms with Gasteiger partial charge in [0.15, 0.2) is 18.1 Å². The molecule has 0 spiro atoms. The van der Waals surface area contributed by atoms with Gasteiger partial charge in [-0.15, -0.1) is 0 Å². The number of furan rings is 1. The van der Waals surface area contributed by atoms with Gasteiger partial charge in [-0.2, -0.15) is 15.0 Å². The lowest BCUT2D eigenvalue weighted by Gasteiger charge is -2.07. The fourth-order valence-electron chi connectivity index (χ4n) is 3.83. The predicted molar refractivity (Wildman–Crippen MR) is 135 cm³/mol. The normalized spacial score (nSPS) is 11.1. The number of fused-ring (bicyclic) bond motifs is 2. The number of aromatic nitrogens is 2. The van der Waals surface area contributed by atoms with E-state index >= 15 is 0 Å². The smallest absolute Gasteiger partial charge is 0.311 e. The lowest BCUT2D eigenvalue weighted by molar-refractivity contribution is -0.385. The highest BCUT2D eigenvalue weighted by atomic mass is 16.6. The molecule has 11 heteroatoms. The van der Waals surface area contributed by atoms with Crippen molar-refractivity contribution in [3.63, 3.8) is 0 Å². The highest BCUT2D eigenvalue weighted by molar-refractivity contribution is 5.88. The summed E-state index contributed by atoms with van der Waals surface area (Å²) in [5, 5.41) is 25.5. The Kier molecular flexibility index (Phi) is 6.05. The average Bonchev–Trinajstić information content (AvgIpc) is 3.36. The first kappa shape index (κ1) is 23.3. The number of methoxy groups -OCH3 is 1. The maximum absolute atomic E-state index is 13.4. The van der Waals surface area contributed by atoms with Crippen molar-refractivity contribution in [1.82, 2.24) is 9.66 Å². The molecule has 2 aromatic heterocycles. The van der Waals surface area contributed by atoms with Gasteiger partial charge in [-0.05, 0) is 42.5 Å². The molecule has 0 saturated carbocycles. The molecule has 2 heterocycles. The molecule has 0 saturated heterocycles. The SMILES string of the molecule is COc1cccc2oc(-c3nc4ccccc4c(=O)n3N=Cc3ccc(OCC#N)c([N+](=O)[O-])c3)cc12. The molecule has 0 aliphatic carbocycles. The standard InChI is InChI=1S/C26H17N5O6/c1-35-21-7-4-8-22-18(21)14-24(37-22)25-29-19-6-3-2-5-17(19)26(32)30(25)28-15-16-9-10-23(36-12-11-27)20(13-16)31(33)34/h2-10,13-15H,12H2,1H3. The highest BCUT2D eigenvalue weighted by Gasteiger charge is 2.19. The third kappa shape index (κ3) is 4.35. The van der Waals surface area contributed by atoms with Gasteiger partial charge in [-0.25, -0.2) is 4.98 Å². The van der Waals surface area contributed by atoms with E-state index in [-0.39, 0.29) is 29.6 Å². The van der Waals surface area contributed by atoms with Crippen LogP contribution in [0.1, 0.15) is 5.56 Å². The van der Waals surface area contributed by atoms with E-state index < -0.39 is 10.5 Å². The first-order valence-corrected chi connectivity index (χ1v) is 10.9. The first-order chi connectivity index (χ1) is 18.0. The van der Waals surface area contributed by atoms with Crippen LogP contribution in [-0.2, 0) is 0 Å². The highest BCUT2D eigenvalue weighted by Crippen LogP contribution is 2.33. The van der Waals surface area contributed by atoms with Crippen LogP contribution in [0.15, 0.2) is 81.0 Å². The largest absolute Gasteiger partial charge is 0.496 e. The molecule has 0 radical (unpaired) electrons. The summed E-state index contributed by atoms with van der Waals surface area (Å²) in [5.74, 6) is 0.967. The number of benzene rings is 3.